The van der Waals surface area contributed by atoms with Gasteiger partial charge in [0.1, 0.15) is 17.2 Å². The number of hydrogen-bond donors (Lipinski definition) is 1. The molecule has 5 nitrogen and oxygen atoms in total. The molecule has 3 atom stereocenters. The van der Waals surface area contributed by atoms with Gasteiger partial charge in [-0.3, -0.25) is 4.79 Å². The summed E-state index contributed by atoms with van der Waals surface area (Å²) in [7, 11) is 1.69. The molecular formula is C19H19F2N3O2S. The van der Waals surface area contributed by atoms with Crippen molar-refractivity contribution >= 4 is 16.9 Å². The van der Waals surface area contributed by atoms with Crippen molar-refractivity contribution in [2.75, 3.05) is 12.4 Å². The van der Waals surface area contributed by atoms with Gasteiger partial charge in [0.05, 0.1) is 12.7 Å². The van der Waals surface area contributed by atoms with Gasteiger partial charge in [0.25, 0.3) is 0 Å². The highest BCUT2D eigenvalue weighted by molar-refractivity contribution is 8.13. The van der Waals surface area contributed by atoms with Crippen molar-refractivity contribution in [2.45, 2.75) is 18.1 Å². The number of benzene rings is 1. The smallest absolute Gasteiger partial charge is 0.250 e. The van der Waals surface area contributed by atoms with E-state index in [0.29, 0.717) is 22.9 Å². The molecule has 4 rings (SSSR count). The van der Waals surface area contributed by atoms with Crippen molar-refractivity contribution in [1.29, 1.82) is 0 Å². The van der Waals surface area contributed by atoms with E-state index in [4.69, 9.17) is 10.5 Å². The summed E-state index contributed by atoms with van der Waals surface area (Å²) >= 11 is 1.43. The molecule has 0 bridgehead atoms. The van der Waals surface area contributed by atoms with E-state index < -0.39 is 17.2 Å². The van der Waals surface area contributed by atoms with Crippen LogP contribution in [0.15, 0.2) is 46.3 Å². The van der Waals surface area contributed by atoms with E-state index >= 15 is 0 Å². The van der Waals surface area contributed by atoms with Crippen LogP contribution in [0.4, 0.5) is 8.78 Å². The molecule has 1 aromatic carbocycles. The minimum atomic E-state index is -0.968. The van der Waals surface area contributed by atoms with E-state index in [-0.39, 0.29) is 24.2 Å². The van der Waals surface area contributed by atoms with E-state index in [2.05, 4.69) is 4.99 Å². The summed E-state index contributed by atoms with van der Waals surface area (Å²) in [5.74, 6) is -0.651. The summed E-state index contributed by atoms with van der Waals surface area (Å²) < 4.78 is 35.6. The first kappa shape index (κ1) is 18.2. The Morgan fingerprint density at radius 2 is 2.15 bits per heavy atom. The number of rotatable bonds is 2. The van der Waals surface area contributed by atoms with Crippen LogP contribution in [0, 0.1) is 17.6 Å². The predicted molar refractivity (Wildman–Crippen MR) is 101 cm³/mol. The highest BCUT2D eigenvalue weighted by atomic mass is 32.2. The zero-order valence-electron chi connectivity index (χ0n) is 14.7. The molecule has 0 aliphatic carbocycles. The van der Waals surface area contributed by atoms with E-state index in [0.717, 1.165) is 11.6 Å². The zero-order valence-corrected chi connectivity index (χ0v) is 15.5. The Morgan fingerprint density at radius 3 is 2.89 bits per heavy atom. The van der Waals surface area contributed by atoms with Gasteiger partial charge in [0.15, 0.2) is 5.17 Å². The number of ether oxygens (including phenoxy) is 1. The summed E-state index contributed by atoms with van der Waals surface area (Å²) in [6.07, 6.45) is 2.12. The molecule has 2 N–H and O–H groups in total. The molecule has 2 aliphatic rings. The van der Waals surface area contributed by atoms with Gasteiger partial charge < -0.3 is 15.0 Å². The van der Waals surface area contributed by atoms with Gasteiger partial charge in [-0.05, 0) is 24.1 Å². The number of thioether (sulfide) groups is 1. The number of nitrogens with two attached hydrogens (primary N) is 1. The molecular weight excluding hydrogens is 372 g/mol. The van der Waals surface area contributed by atoms with E-state index in [1.807, 2.05) is 0 Å². The molecule has 27 heavy (non-hydrogen) atoms. The van der Waals surface area contributed by atoms with Crippen molar-refractivity contribution < 1.29 is 13.5 Å². The SMILES string of the molecule is Cn1cc(C2CC3CSC(N)=NC3(c3ccc(F)cc3F)CO2)ccc1=O. The Kier molecular flexibility index (Phi) is 4.55. The Balaban J connectivity index is 1.72. The van der Waals surface area contributed by atoms with Crippen LogP contribution in [0.3, 0.4) is 0 Å². The molecule has 3 heterocycles. The lowest BCUT2D eigenvalue weighted by atomic mass is 9.74. The van der Waals surface area contributed by atoms with Crippen LogP contribution in [0.25, 0.3) is 0 Å². The molecule has 0 saturated carbocycles. The van der Waals surface area contributed by atoms with E-state index in [1.165, 1.54) is 34.5 Å². The monoisotopic (exact) mass is 391 g/mol. The second-order valence-corrected chi connectivity index (χ2v) is 7.99. The maximum absolute atomic E-state index is 14.6. The Bertz CT molecular complexity index is 978. The van der Waals surface area contributed by atoms with E-state index in [1.54, 1.807) is 19.3 Å². The number of aryl methyl sites for hydroxylation is 1. The topological polar surface area (TPSA) is 69.6 Å². The van der Waals surface area contributed by atoms with Crippen LogP contribution in [0.1, 0.15) is 23.7 Å². The summed E-state index contributed by atoms with van der Waals surface area (Å²) in [5.41, 5.74) is 6.08. The first-order chi connectivity index (χ1) is 12.9. The zero-order chi connectivity index (χ0) is 19.2. The average Bonchev–Trinajstić information content (AvgIpc) is 2.63. The average molecular weight is 391 g/mol. The van der Waals surface area contributed by atoms with Gasteiger partial charge in [-0.2, -0.15) is 0 Å². The van der Waals surface area contributed by atoms with Gasteiger partial charge in [-0.15, -0.1) is 0 Å². The number of aromatic nitrogens is 1. The molecule has 1 fully saturated rings. The van der Waals surface area contributed by atoms with Crippen molar-refractivity contribution in [1.82, 2.24) is 4.57 Å². The van der Waals surface area contributed by atoms with Crippen LogP contribution in [-0.2, 0) is 17.3 Å². The molecule has 2 aliphatic heterocycles. The summed E-state index contributed by atoms with van der Waals surface area (Å²) in [5, 5.41) is 0.374. The van der Waals surface area contributed by atoms with E-state index in [9.17, 15) is 13.6 Å². The maximum Gasteiger partial charge on any atom is 0.250 e. The Labute approximate surface area is 159 Å². The van der Waals surface area contributed by atoms with Crippen molar-refractivity contribution in [2.24, 2.45) is 23.7 Å². The Morgan fingerprint density at radius 1 is 1.33 bits per heavy atom. The number of aliphatic imine (C=N–C) groups is 1. The molecule has 3 unspecified atom stereocenters. The van der Waals surface area contributed by atoms with Crippen LogP contribution >= 0.6 is 11.8 Å². The molecule has 0 radical (unpaired) electrons. The molecule has 0 spiro atoms. The lowest BCUT2D eigenvalue weighted by Gasteiger charge is -2.46. The highest BCUT2D eigenvalue weighted by Gasteiger charge is 2.49. The lowest BCUT2D eigenvalue weighted by molar-refractivity contribution is -0.0590. The Hall–Kier alpha value is -2.19. The number of nitrogens with zero attached hydrogens (tertiary/aromatic N) is 2. The number of halogens is 2. The molecule has 1 saturated heterocycles. The second kappa shape index (κ2) is 6.76. The highest BCUT2D eigenvalue weighted by Crippen LogP contribution is 2.49. The minimum absolute atomic E-state index is 0.0363. The largest absolute Gasteiger partial charge is 0.379 e. The van der Waals surface area contributed by atoms with Crippen LogP contribution in [0.5, 0.6) is 0 Å². The standard InChI is InChI=1S/C19H19F2N3O2S/c1-24-8-11(2-5-17(24)25)16-6-12-9-27-18(22)23-19(12,10-26-16)14-4-3-13(20)7-15(14)21/h2-5,7-8,12,16H,6,9-10H2,1H3,(H2,22,23). The van der Waals surface area contributed by atoms with Gasteiger partial charge in [-0.1, -0.05) is 17.8 Å². The quantitative estimate of drug-likeness (QED) is 0.855. The fraction of sp³-hybridized carbons (Fsp3) is 0.368. The third-order valence-corrected chi connectivity index (χ3v) is 6.25. The van der Waals surface area contributed by atoms with Gasteiger partial charge in [0.2, 0.25) is 5.56 Å². The van der Waals surface area contributed by atoms with Crippen LogP contribution < -0.4 is 11.3 Å². The fourth-order valence-electron chi connectivity index (χ4n) is 3.85. The minimum Gasteiger partial charge on any atom is -0.379 e. The molecule has 142 valence electrons. The van der Waals surface area contributed by atoms with Crippen molar-refractivity contribution in [3.8, 4) is 0 Å². The van der Waals surface area contributed by atoms with Crippen LogP contribution in [-0.4, -0.2) is 22.1 Å². The summed E-state index contributed by atoms with van der Waals surface area (Å²) in [4.78, 5) is 16.2. The maximum atomic E-state index is 14.6. The number of fused-ring (bicyclic) bond motifs is 1. The number of amidine groups is 1. The first-order valence-electron chi connectivity index (χ1n) is 8.61. The second-order valence-electron chi connectivity index (χ2n) is 6.95. The third kappa shape index (κ3) is 3.17. The summed E-state index contributed by atoms with van der Waals surface area (Å²) in [6.45, 7) is 0.134. The fourth-order valence-corrected chi connectivity index (χ4v) is 4.86. The number of hydrogen-bond acceptors (Lipinski definition) is 5. The number of pyridine rings is 1. The molecule has 2 aromatic rings. The summed E-state index contributed by atoms with van der Waals surface area (Å²) in [6, 6.07) is 6.79. The first-order valence-corrected chi connectivity index (χ1v) is 9.59. The van der Waals surface area contributed by atoms with Gasteiger partial charge in [-0.25, -0.2) is 13.8 Å². The lowest BCUT2D eigenvalue weighted by Crippen LogP contribution is -2.48. The predicted octanol–water partition coefficient (Wildman–Crippen LogP) is 2.70. The third-order valence-electron chi connectivity index (χ3n) is 5.30. The van der Waals surface area contributed by atoms with Gasteiger partial charge in [0, 0.05) is 42.6 Å². The molecule has 0 amide bonds. The van der Waals surface area contributed by atoms with Crippen molar-refractivity contribution in [3.63, 3.8) is 0 Å². The normalized spacial score (nSPS) is 27.7. The van der Waals surface area contributed by atoms with Gasteiger partial charge >= 0.3 is 0 Å². The molecule has 1 aromatic heterocycles. The molecule has 8 heteroatoms. The van der Waals surface area contributed by atoms with Crippen LogP contribution in [0.2, 0.25) is 0 Å². The van der Waals surface area contributed by atoms with Crippen molar-refractivity contribution in [3.05, 3.63) is 69.6 Å².